The molecule has 0 atom stereocenters. The highest BCUT2D eigenvalue weighted by Crippen LogP contribution is 2.37. The van der Waals surface area contributed by atoms with Gasteiger partial charge in [0, 0.05) is 16.0 Å². The Hall–Kier alpha value is -2.55. The normalized spacial score (nSPS) is 10.5. The van der Waals surface area contributed by atoms with Gasteiger partial charge < -0.3 is 5.11 Å². The van der Waals surface area contributed by atoms with Gasteiger partial charge in [-0.1, -0.05) is 41.9 Å². The molecule has 1 aromatic heterocycles. The zero-order valence-corrected chi connectivity index (χ0v) is 15.7. The van der Waals surface area contributed by atoms with Crippen molar-refractivity contribution in [2.75, 3.05) is 0 Å². The average Bonchev–Trinajstić information content (AvgIpc) is 2.63. The maximum Gasteiger partial charge on any atom is 0.115 e. The van der Waals surface area contributed by atoms with Crippen LogP contribution in [0, 0.1) is 6.92 Å². The van der Waals surface area contributed by atoms with E-state index >= 15 is 0 Å². The van der Waals surface area contributed by atoms with E-state index in [1.807, 2.05) is 48.5 Å². The summed E-state index contributed by atoms with van der Waals surface area (Å²) < 4.78 is 0. The Kier molecular flexibility index (Phi) is 5.17. The van der Waals surface area contributed by atoms with Crippen LogP contribution in [0.1, 0.15) is 5.56 Å². The van der Waals surface area contributed by atoms with Crippen LogP contribution in [-0.2, 0) is 0 Å². The van der Waals surface area contributed by atoms with Crippen LogP contribution in [0.2, 0.25) is 5.02 Å². The predicted octanol–water partition coefficient (Wildman–Crippen LogP) is 6.66. The number of phenols is 1. The lowest BCUT2D eigenvalue weighted by Gasteiger charge is -2.15. The van der Waals surface area contributed by atoms with Crippen LogP contribution in [0.3, 0.4) is 0 Å². The quantitative estimate of drug-likeness (QED) is 0.421. The molecule has 0 fully saturated rings. The Morgan fingerprint density at radius 3 is 2.23 bits per heavy atom. The van der Waals surface area contributed by atoms with Crippen LogP contribution in [0.4, 0.5) is 0 Å². The molecule has 1 N–H and O–H groups in total. The zero-order chi connectivity index (χ0) is 17.4. The van der Waals surface area contributed by atoms with Crippen molar-refractivity contribution in [3.63, 3.8) is 0 Å². The average molecular weight is 382 g/mol. The van der Waals surface area contributed by atoms with E-state index in [1.54, 1.807) is 12.1 Å². The Balaban J connectivity index is 0.00000196. The minimum Gasteiger partial charge on any atom is -0.508 e. The molecular formula is C22H17Cl2NO. The second-order valence-electron chi connectivity index (χ2n) is 6.03. The highest BCUT2D eigenvalue weighted by molar-refractivity contribution is 6.31. The fourth-order valence-corrected chi connectivity index (χ4v) is 3.38. The van der Waals surface area contributed by atoms with Crippen molar-refractivity contribution in [1.82, 2.24) is 4.98 Å². The number of hydrogen-bond acceptors (Lipinski definition) is 2. The number of halogens is 2. The number of hydrogen-bond donors (Lipinski definition) is 1. The van der Waals surface area contributed by atoms with Crippen molar-refractivity contribution in [3.05, 3.63) is 83.4 Å². The van der Waals surface area contributed by atoms with Crippen molar-refractivity contribution < 1.29 is 5.11 Å². The summed E-state index contributed by atoms with van der Waals surface area (Å²) in [5, 5.41) is 11.3. The Bertz CT molecular complexity index is 1060. The van der Waals surface area contributed by atoms with Gasteiger partial charge >= 0.3 is 0 Å². The molecule has 1 heterocycles. The molecule has 0 amide bonds. The molecule has 0 aliphatic carbocycles. The summed E-state index contributed by atoms with van der Waals surface area (Å²) in [5.41, 5.74) is 6.15. The number of aromatic hydroxyl groups is 1. The molecule has 0 saturated heterocycles. The van der Waals surface area contributed by atoms with Crippen LogP contribution in [-0.4, -0.2) is 10.1 Å². The second-order valence-corrected chi connectivity index (χ2v) is 6.47. The number of pyridine rings is 1. The van der Waals surface area contributed by atoms with Gasteiger partial charge in [-0.25, -0.2) is 4.98 Å². The van der Waals surface area contributed by atoms with Gasteiger partial charge in [0.2, 0.25) is 0 Å². The lowest BCUT2D eigenvalue weighted by atomic mass is 9.93. The highest BCUT2D eigenvalue weighted by atomic mass is 35.5. The number of aromatic nitrogens is 1. The SMILES string of the molecule is Cc1c(-c2ccc(O)cc2)nc2ccc(Cl)cc2c1-c1ccccc1.Cl. The van der Waals surface area contributed by atoms with E-state index < -0.39 is 0 Å². The molecule has 2 nitrogen and oxygen atoms in total. The van der Waals surface area contributed by atoms with Crippen molar-refractivity contribution in [2.45, 2.75) is 6.92 Å². The highest BCUT2D eigenvalue weighted by Gasteiger charge is 2.15. The van der Waals surface area contributed by atoms with Gasteiger partial charge in [0.05, 0.1) is 11.2 Å². The summed E-state index contributed by atoms with van der Waals surface area (Å²) >= 11 is 6.25. The minimum absolute atomic E-state index is 0. The third-order valence-corrected chi connectivity index (χ3v) is 4.63. The van der Waals surface area contributed by atoms with Crippen molar-refractivity contribution >= 4 is 34.9 Å². The van der Waals surface area contributed by atoms with E-state index in [0.29, 0.717) is 5.02 Å². The molecule has 4 heteroatoms. The number of phenolic OH excluding ortho intramolecular Hbond substituents is 1. The van der Waals surface area contributed by atoms with E-state index in [2.05, 4.69) is 19.1 Å². The molecule has 0 radical (unpaired) electrons. The Morgan fingerprint density at radius 1 is 0.846 bits per heavy atom. The Labute approximate surface area is 163 Å². The standard InChI is InChI=1S/C22H16ClNO.ClH/c1-14-21(15-5-3-2-4-6-15)19-13-17(23)9-12-20(19)24-22(14)16-7-10-18(25)11-8-16;/h2-13,25H,1H3;1H. The van der Waals surface area contributed by atoms with Gasteiger partial charge in [0.1, 0.15) is 5.75 Å². The molecule has 130 valence electrons. The summed E-state index contributed by atoms with van der Waals surface area (Å²) in [6, 6.07) is 23.2. The first-order chi connectivity index (χ1) is 12.1. The van der Waals surface area contributed by atoms with Crippen LogP contribution in [0.25, 0.3) is 33.3 Å². The molecule has 0 aliphatic heterocycles. The molecule has 0 bridgehead atoms. The van der Waals surface area contributed by atoms with Crippen LogP contribution in [0.5, 0.6) is 5.75 Å². The van der Waals surface area contributed by atoms with Gasteiger partial charge in [-0.3, -0.25) is 0 Å². The number of benzene rings is 3. The summed E-state index contributed by atoms with van der Waals surface area (Å²) in [4.78, 5) is 4.86. The first kappa shape index (κ1) is 18.2. The van der Waals surface area contributed by atoms with E-state index in [-0.39, 0.29) is 18.2 Å². The molecule has 0 unspecified atom stereocenters. The van der Waals surface area contributed by atoms with Crippen LogP contribution in [0.15, 0.2) is 72.8 Å². The van der Waals surface area contributed by atoms with Gasteiger partial charge in [-0.05, 0) is 66.1 Å². The molecule has 26 heavy (non-hydrogen) atoms. The van der Waals surface area contributed by atoms with Gasteiger partial charge in [0.15, 0.2) is 0 Å². The molecule has 0 aliphatic rings. The smallest absolute Gasteiger partial charge is 0.115 e. The van der Waals surface area contributed by atoms with E-state index in [4.69, 9.17) is 16.6 Å². The monoisotopic (exact) mass is 381 g/mol. The summed E-state index contributed by atoms with van der Waals surface area (Å²) in [6.07, 6.45) is 0. The topological polar surface area (TPSA) is 33.1 Å². The van der Waals surface area contributed by atoms with Crippen molar-refractivity contribution in [3.8, 4) is 28.1 Å². The van der Waals surface area contributed by atoms with E-state index in [9.17, 15) is 5.11 Å². The molecule has 3 aromatic carbocycles. The third-order valence-electron chi connectivity index (χ3n) is 4.39. The lowest BCUT2D eigenvalue weighted by molar-refractivity contribution is 0.475. The molecule has 4 rings (SSSR count). The van der Waals surface area contributed by atoms with Gasteiger partial charge in [-0.2, -0.15) is 0 Å². The minimum atomic E-state index is 0. The summed E-state index contributed by atoms with van der Waals surface area (Å²) in [5.74, 6) is 0.247. The third kappa shape index (κ3) is 3.26. The number of nitrogens with zero attached hydrogens (tertiary/aromatic N) is 1. The zero-order valence-electron chi connectivity index (χ0n) is 14.1. The van der Waals surface area contributed by atoms with Crippen molar-refractivity contribution in [2.24, 2.45) is 0 Å². The van der Waals surface area contributed by atoms with E-state index in [0.717, 1.165) is 38.9 Å². The van der Waals surface area contributed by atoms with Crippen LogP contribution >= 0.6 is 24.0 Å². The Morgan fingerprint density at radius 2 is 1.54 bits per heavy atom. The predicted molar refractivity (Wildman–Crippen MR) is 111 cm³/mol. The lowest BCUT2D eigenvalue weighted by Crippen LogP contribution is -1.95. The fraction of sp³-hybridized carbons (Fsp3) is 0.0455. The molecule has 4 aromatic rings. The summed E-state index contributed by atoms with van der Waals surface area (Å²) in [6.45, 7) is 2.08. The first-order valence-corrected chi connectivity index (χ1v) is 8.46. The first-order valence-electron chi connectivity index (χ1n) is 8.08. The van der Waals surface area contributed by atoms with Crippen LogP contribution < -0.4 is 0 Å². The largest absolute Gasteiger partial charge is 0.508 e. The van der Waals surface area contributed by atoms with Gasteiger partial charge in [-0.15, -0.1) is 12.4 Å². The summed E-state index contributed by atoms with van der Waals surface area (Å²) in [7, 11) is 0. The molecule has 0 saturated carbocycles. The van der Waals surface area contributed by atoms with Gasteiger partial charge in [0.25, 0.3) is 0 Å². The number of fused-ring (bicyclic) bond motifs is 1. The molecule has 0 spiro atoms. The maximum absolute atomic E-state index is 9.57. The van der Waals surface area contributed by atoms with E-state index in [1.165, 1.54) is 0 Å². The number of rotatable bonds is 2. The second kappa shape index (κ2) is 7.36. The maximum atomic E-state index is 9.57. The van der Waals surface area contributed by atoms with Crippen molar-refractivity contribution in [1.29, 1.82) is 0 Å². The fourth-order valence-electron chi connectivity index (χ4n) is 3.21. The molecular weight excluding hydrogens is 365 g/mol.